The Bertz CT molecular complexity index is 196. The van der Waals surface area contributed by atoms with Crippen molar-refractivity contribution in [3.63, 3.8) is 0 Å². The Morgan fingerprint density at radius 3 is 1.42 bits per heavy atom. The van der Waals surface area contributed by atoms with E-state index in [1.165, 1.54) is 77.0 Å². The fraction of sp³-hybridized carbons (Fsp3) is 1.00. The lowest BCUT2D eigenvalue weighted by Crippen LogP contribution is -2.01. The summed E-state index contributed by atoms with van der Waals surface area (Å²) in [6.45, 7) is 2.65. The molecule has 0 aromatic carbocycles. The van der Waals surface area contributed by atoms with Crippen LogP contribution in [0.25, 0.3) is 0 Å². The van der Waals surface area contributed by atoms with Crippen LogP contribution in [0.2, 0.25) is 0 Å². The summed E-state index contributed by atoms with van der Waals surface area (Å²) >= 11 is 0. The van der Waals surface area contributed by atoms with Crippen molar-refractivity contribution in [2.75, 3.05) is 6.61 Å². The molecule has 0 aliphatic heterocycles. The van der Waals surface area contributed by atoms with Crippen molar-refractivity contribution in [1.29, 1.82) is 0 Å². The van der Waals surface area contributed by atoms with E-state index in [0.29, 0.717) is 6.61 Å². The highest BCUT2D eigenvalue weighted by atomic mass is 17.9. The van der Waals surface area contributed by atoms with Crippen molar-refractivity contribution in [3.05, 3.63) is 0 Å². The second kappa shape index (κ2) is 22.7. The topological polar surface area (TPSA) is 84.8 Å². The van der Waals surface area contributed by atoms with Gasteiger partial charge in [0.05, 0.1) is 6.61 Å². The van der Waals surface area contributed by atoms with Crippen molar-refractivity contribution >= 4 is 0 Å². The van der Waals surface area contributed by atoms with Gasteiger partial charge >= 0.3 is 0 Å². The van der Waals surface area contributed by atoms with Gasteiger partial charge in [-0.15, -0.1) is 0 Å². The van der Waals surface area contributed by atoms with Gasteiger partial charge in [-0.1, -0.05) is 90.4 Å². The Kier molecular flexibility index (Phi) is 22.4. The third-order valence-corrected chi connectivity index (χ3v) is 3.77. The van der Waals surface area contributed by atoms with Crippen molar-refractivity contribution in [2.45, 2.75) is 96.8 Å². The van der Waals surface area contributed by atoms with Crippen LogP contribution in [0.3, 0.4) is 0 Å². The number of unbranched alkanes of at least 4 members (excludes halogenated alkanes) is 13. The lowest BCUT2D eigenvalue weighted by Gasteiger charge is -2.03. The molecule has 0 bridgehead atoms. The molecular formula is C16H34O8. The van der Waals surface area contributed by atoms with Crippen molar-refractivity contribution in [3.8, 4) is 0 Å². The van der Waals surface area contributed by atoms with E-state index in [9.17, 15) is 0 Å². The van der Waals surface area contributed by atoms with Crippen LogP contribution in [0.15, 0.2) is 0 Å². The van der Waals surface area contributed by atoms with Crippen LogP contribution in [0.5, 0.6) is 0 Å². The molecule has 0 fully saturated rings. The predicted octanol–water partition coefficient (Wildman–Crippen LogP) is 5.55. The molecule has 0 aliphatic rings. The molecule has 0 saturated heterocycles. The quantitative estimate of drug-likeness (QED) is 0.163. The summed E-state index contributed by atoms with van der Waals surface area (Å²) in [7, 11) is 0. The summed E-state index contributed by atoms with van der Waals surface area (Å²) in [5.41, 5.74) is 0. The Morgan fingerprint density at radius 1 is 0.500 bits per heavy atom. The molecule has 0 spiro atoms. The van der Waals surface area contributed by atoms with Crippen molar-refractivity contribution < 1.29 is 40.4 Å². The standard InChI is InChI=1S/C16H34O8/c1-2-3-4-5-6-7-8-9-10-11-12-13-14-15-16-18-20-22-24-23-21-19-17/h17H,2-16H2,1H3. The van der Waals surface area contributed by atoms with Gasteiger partial charge in [-0.05, 0) is 36.7 Å². The second-order valence-electron chi connectivity index (χ2n) is 5.83. The Morgan fingerprint density at radius 2 is 0.917 bits per heavy atom. The van der Waals surface area contributed by atoms with Crippen LogP contribution in [0, 0.1) is 0 Å². The maximum Gasteiger partial charge on any atom is 0.0855 e. The monoisotopic (exact) mass is 354 g/mol. The first-order valence-corrected chi connectivity index (χ1v) is 9.18. The van der Waals surface area contributed by atoms with Crippen LogP contribution >= 0.6 is 0 Å². The van der Waals surface area contributed by atoms with Gasteiger partial charge in [0.15, 0.2) is 0 Å². The van der Waals surface area contributed by atoms with E-state index in [2.05, 4.69) is 42.0 Å². The van der Waals surface area contributed by atoms with Crippen LogP contribution in [0.4, 0.5) is 0 Å². The van der Waals surface area contributed by atoms with Gasteiger partial charge in [-0.25, -0.2) is 10.1 Å². The second-order valence-corrected chi connectivity index (χ2v) is 5.83. The van der Waals surface area contributed by atoms with Gasteiger partial charge in [-0.3, -0.25) is 0 Å². The molecule has 1 N–H and O–H groups in total. The number of rotatable bonds is 21. The minimum atomic E-state index is 0.388. The molecule has 0 aromatic heterocycles. The van der Waals surface area contributed by atoms with E-state index in [0.717, 1.165) is 12.8 Å². The van der Waals surface area contributed by atoms with E-state index in [1.54, 1.807) is 0 Å². The van der Waals surface area contributed by atoms with Crippen molar-refractivity contribution in [2.24, 2.45) is 0 Å². The molecule has 0 aromatic rings. The van der Waals surface area contributed by atoms with Gasteiger partial charge in [0, 0.05) is 0 Å². The van der Waals surface area contributed by atoms with E-state index in [-0.39, 0.29) is 0 Å². The number of hydrogen-bond acceptors (Lipinski definition) is 8. The first-order chi connectivity index (χ1) is 11.9. The third kappa shape index (κ3) is 21.7. The summed E-state index contributed by atoms with van der Waals surface area (Å²) in [6, 6.07) is 0. The SMILES string of the molecule is CCCCCCCCCCCCCCCCOOOOOOOO. The average Bonchev–Trinajstić information content (AvgIpc) is 2.60. The molecule has 146 valence electrons. The van der Waals surface area contributed by atoms with Gasteiger partial charge in [-0.2, -0.15) is 0 Å². The highest BCUT2D eigenvalue weighted by molar-refractivity contribution is 4.49. The highest BCUT2D eigenvalue weighted by Gasteiger charge is 1.96. The Balaban J connectivity index is 2.93. The molecule has 0 saturated carbocycles. The molecule has 24 heavy (non-hydrogen) atoms. The minimum Gasteiger partial charge on any atom is -0.219 e. The summed E-state index contributed by atoms with van der Waals surface area (Å²) in [4.78, 5) is 4.63. The molecule has 8 heteroatoms. The zero-order valence-corrected chi connectivity index (χ0v) is 14.9. The van der Waals surface area contributed by atoms with Crippen LogP contribution < -0.4 is 0 Å². The molecule has 0 unspecified atom stereocenters. The molecule has 0 aliphatic carbocycles. The highest BCUT2D eigenvalue weighted by Crippen LogP contribution is 2.12. The average molecular weight is 354 g/mol. The van der Waals surface area contributed by atoms with E-state index in [1.807, 2.05) is 0 Å². The molecule has 0 rings (SSSR count). The van der Waals surface area contributed by atoms with Gasteiger partial charge in [0.1, 0.15) is 0 Å². The van der Waals surface area contributed by atoms with Crippen molar-refractivity contribution in [1.82, 2.24) is 0 Å². The molecular weight excluding hydrogens is 320 g/mol. The predicted molar refractivity (Wildman–Crippen MR) is 85.4 cm³/mol. The lowest BCUT2D eigenvalue weighted by atomic mass is 10.0. The van der Waals surface area contributed by atoms with Crippen LogP contribution in [-0.4, -0.2) is 11.9 Å². The van der Waals surface area contributed by atoms with Gasteiger partial charge < -0.3 is 0 Å². The smallest absolute Gasteiger partial charge is 0.0855 e. The Hall–Kier alpha value is -0.320. The van der Waals surface area contributed by atoms with E-state index >= 15 is 0 Å². The first-order valence-electron chi connectivity index (χ1n) is 9.18. The van der Waals surface area contributed by atoms with E-state index in [4.69, 9.17) is 5.26 Å². The maximum absolute atomic E-state index is 7.66. The van der Waals surface area contributed by atoms with Gasteiger partial charge in [0.25, 0.3) is 0 Å². The fourth-order valence-electron chi connectivity index (χ4n) is 2.46. The first kappa shape index (κ1) is 23.7. The zero-order valence-electron chi connectivity index (χ0n) is 14.9. The molecule has 8 nitrogen and oxygen atoms in total. The lowest BCUT2D eigenvalue weighted by molar-refractivity contribution is -0.812. The summed E-state index contributed by atoms with van der Waals surface area (Å²) in [5, 5.41) is 29.5. The summed E-state index contributed by atoms with van der Waals surface area (Å²) < 4.78 is 0. The van der Waals surface area contributed by atoms with E-state index < -0.39 is 0 Å². The maximum atomic E-state index is 7.66. The van der Waals surface area contributed by atoms with Crippen LogP contribution in [0.1, 0.15) is 96.8 Å². The zero-order chi connectivity index (χ0) is 17.6. The molecule has 0 atom stereocenters. The van der Waals surface area contributed by atoms with Gasteiger partial charge in [0.2, 0.25) is 0 Å². The number of hydrogen-bond donors (Lipinski definition) is 1. The molecule has 0 heterocycles. The molecule has 0 amide bonds. The fourth-order valence-corrected chi connectivity index (χ4v) is 2.46. The molecule has 0 radical (unpaired) electrons. The summed E-state index contributed by atoms with van der Waals surface area (Å²) in [5.74, 6) is 0. The largest absolute Gasteiger partial charge is 0.219 e. The normalized spacial score (nSPS) is 11.2. The minimum absolute atomic E-state index is 0.388. The summed E-state index contributed by atoms with van der Waals surface area (Å²) in [6.07, 6.45) is 18.2. The Labute approximate surface area is 144 Å². The van der Waals surface area contributed by atoms with Crippen LogP contribution in [-0.2, 0) is 35.1 Å². The third-order valence-electron chi connectivity index (χ3n) is 3.77.